The summed E-state index contributed by atoms with van der Waals surface area (Å²) in [6.07, 6.45) is 1.76. The smallest absolute Gasteiger partial charge is 0.410 e. The molecule has 1 aliphatic rings. The molecular weight excluding hydrogens is 478 g/mol. The van der Waals surface area contributed by atoms with Gasteiger partial charge in [-0.2, -0.15) is 0 Å². The minimum absolute atomic E-state index is 0.212. The Kier molecular flexibility index (Phi) is 8.05. The highest BCUT2D eigenvalue weighted by Crippen LogP contribution is 2.26. The van der Waals surface area contributed by atoms with Gasteiger partial charge in [-0.05, 0) is 87.9 Å². The van der Waals surface area contributed by atoms with E-state index in [1.807, 2.05) is 65.0 Å². The Bertz CT molecular complexity index is 1340. The maximum Gasteiger partial charge on any atom is 0.410 e. The SMILES string of the molecule is Cc1ccc(NC(=O)C2CCCCN2C(=O)OC(C)(C)C)cc1C(=O)N[C@H](C)c1cccc2ccccc12. The molecule has 0 radical (unpaired) electrons. The van der Waals surface area contributed by atoms with Crippen LogP contribution in [0, 0.1) is 6.92 Å². The van der Waals surface area contributed by atoms with Gasteiger partial charge in [0.25, 0.3) is 5.91 Å². The number of hydrogen-bond donors (Lipinski definition) is 2. The molecule has 3 aromatic carbocycles. The van der Waals surface area contributed by atoms with Crippen molar-refractivity contribution in [2.75, 3.05) is 11.9 Å². The average molecular weight is 516 g/mol. The van der Waals surface area contributed by atoms with Crippen molar-refractivity contribution in [3.05, 3.63) is 77.4 Å². The maximum atomic E-state index is 13.3. The number of piperidine rings is 1. The number of fused-ring (bicyclic) bond motifs is 1. The second-order valence-corrected chi connectivity index (χ2v) is 11.0. The first-order valence-corrected chi connectivity index (χ1v) is 13.2. The number of rotatable bonds is 5. The fourth-order valence-electron chi connectivity index (χ4n) is 4.89. The van der Waals surface area contributed by atoms with Crippen molar-refractivity contribution in [1.82, 2.24) is 10.2 Å². The van der Waals surface area contributed by atoms with Crippen molar-refractivity contribution >= 4 is 34.4 Å². The topological polar surface area (TPSA) is 87.7 Å². The Balaban J connectivity index is 1.48. The summed E-state index contributed by atoms with van der Waals surface area (Å²) in [5, 5.41) is 8.25. The van der Waals surface area contributed by atoms with Gasteiger partial charge in [0, 0.05) is 17.8 Å². The second-order valence-electron chi connectivity index (χ2n) is 11.0. The van der Waals surface area contributed by atoms with Crippen LogP contribution in [0.25, 0.3) is 10.8 Å². The molecule has 1 heterocycles. The van der Waals surface area contributed by atoms with Gasteiger partial charge in [0.2, 0.25) is 5.91 Å². The highest BCUT2D eigenvalue weighted by atomic mass is 16.6. The number of anilines is 1. The monoisotopic (exact) mass is 515 g/mol. The lowest BCUT2D eigenvalue weighted by Gasteiger charge is -2.35. The lowest BCUT2D eigenvalue weighted by atomic mass is 9.99. The Hall–Kier alpha value is -3.87. The lowest BCUT2D eigenvalue weighted by molar-refractivity contribution is -0.122. The van der Waals surface area contributed by atoms with Gasteiger partial charge in [-0.1, -0.05) is 48.5 Å². The van der Waals surface area contributed by atoms with E-state index in [4.69, 9.17) is 4.74 Å². The Morgan fingerprint density at radius 1 is 1.00 bits per heavy atom. The normalized spacial score (nSPS) is 16.6. The number of amides is 3. The summed E-state index contributed by atoms with van der Waals surface area (Å²) in [6, 6.07) is 18.6. The molecule has 2 N–H and O–H groups in total. The van der Waals surface area contributed by atoms with Gasteiger partial charge in [0.05, 0.1) is 6.04 Å². The predicted octanol–water partition coefficient (Wildman–Crippen LogP) is 6.37. The van der Waals surface area contributed by atoms with E-state index in [0.29, 0.717) is 24.2 Å². The third kappa shape index (κ3) is 6.33. The molecule has 0 saturated carbocycles. The van der Waals surface area contributed by atoms with E-state index in [1.165, 1.54) is 4.90 Å². The van der Waals surface area contributed by atoms with Crippen molar-refractivity contribution < 1.29 is 19.1 Å². The molecule has 1 aliphatic heterocycles. The van der Waals surface area contributed by atoms with Crippen LogP contribution in [0.5, 0.6) is 0 Å². The van der Waals surface area contributed by atoms with Crippen molar-refractivity contribution in [3.63, 3.8) is 0 Å². The van der Waals surface area contributed by atoms with Gasteiger partial charge in [-0.25, -0.2) is 4.79 Å². The molecule has 0 bridgehead atoms. The van der Waals surface area contributed by atoms with E-state index in [1.54, 1.807) is 12.1 Å². The highest BCUT2D eigenvalue weighted by molar-refractivity contribution is 6.00. The van der Waals surface area contributed by atoms with Crippen molar-refractivity contribution in [2.24, 2.45) is 0 Å². The van der Waals surface area contributed by atoms with Crippen molar-refractivity contribution in [1.29, 1.82) is 0 Å². The number of nitrogens with one attached hydrogen (secondary N) is 2. The van der Waals surface area contributed by atoms with Gasteiger partial charge in [-0.3, -0.25) is 14.5 Å². The summed E-state index contributed by atoms with van der Waals surface area (Å²) >= 11 is 0. The molecule has 1 unspecified atom stereocenters. The van der Waals surface area contributed by atoms with E-state index in [0.717, 1.165) is 34.7 Å². The van der Waals surface area contributed by atoms with Gasteiger partial charge in [0.1, 0.15) is 11.6 Å². The molecule has 0 aromatic heterocycles. The number of benzene rings is 3. The van der Waals surface area contributed by atoms with Crippen molar-refractivity contribution in [3.8, 4) is 0 Å². The van der Waals surface area contributed by atoms with E-state index in [-0.39, 0.29) is 17.9 Å². The maximum absolute atomic E-state index is 13.3. The first-order valence-electron chi connectivity index (χ1n) is 13.2. The number of likely N-dealkylation sites (tertiary alicyclic amines) is 1. The zero-order chi connectivity index (χ0) is 27.4. The third-order valence-electron chi connectivity index (χ3n) is 6.82. The second kappa shape index (κ2) is 11.3. The van der Waals surface area contributed by atoms with Crippen LogP contribution in [0.15, 0.2) is 60.7 Å². The largest absolute Gasteiger partial charge is 0.444 e. The first-order chi connectivity index (χ1) is 18.0. The van der Waals surface area contributed by atoms with Crippen LogP contribution in [0.4, 0.5) is 10.5 Å². The summed E-state index contributed by atoms with van der Waals surface area (Å²) in [6.45, 7) is 9.74. The number of nitrogens with zero attached hydrogens (tertiary/aromatic N) is 1. The summed E-state index contributed by atoms with van der Waals surface area (Å²) in [4.78, 5) is 40.8. The molecule has 1 fully saturated rings. The summed E-state index contributed by atoms with van der Waals surface area (Å²) in [5.41, 5.74) is 2.20. The zero-order valence-electron chi connectivity index (χ0n) is 22.8. The number of ether oxygens (including phenoxy) is 1. The molecule has 2 atom stereocenters. The quantitative estimate of drug-likeness (QED) is 0.413. The van der Waals surface area contributed by atoms with Crippen LogP contribution >= 0.6 is 0 Å². The third-order valence-corrected chi connectivity index (χ3v) is 6.82. The Morgan fingerprint density at radius 3 is 2.50 bits per heavy atom. The van der Waals surface area contributed by atoms with Crippen LogP contribution in [-0.4, -0.2) is 41.0 Å². The highest BCUT2D eigenvalue weighted by Gasteiger charge is 2.35. The molecule has 4 rings (SSSR count). The predicted molar refractivity (Wildman–Crippen MR) is 150 cm³/mol. The Morgan fingerprint density at radius 2 is 1.74 bits per heavy atom. The van der Waals surface area contributed by atoms with Crippen LogP contribution in [0.2, 0.25) is 0 Å². The van der Waals surface area contributed by atoms with E-state index in [2.05, 4.69) is 28.8 Å². The van der Waals surface area contributed by atoms with Gasteiger partial charge >= 0.3 is 6.09 Å². The molecule has 3 amide bonds. The van der Waals surface area contributed by atoms with Gasteiger partial charge < -0.3 is 15.4 Å². The minimum Gasteiger partial charge on any atom is -0.444 e. The average Bonchev–Trinajstić information content (AvgIpc) is 2.88. The van der Waals surface area contributed by atoms with E-state index in [9.17, 15) is 14.4 Å². The van der Waals surface area contributed by atoms with Crippen LogP contribution < -0.4 is 10.6 Å². The molecular formula is C31H37N3O4. The first kappa shape index (κ1) is 27.2. The number of carbonyl (C=O) groups is 3. The lowest BCUT2D eigenvalue weighted by Crippen LogP contribution is -2.51. The molecule has 1 saturated heterocycles. The van der Waals surface area contributed by atoms with Gasteiger partial charge in [0.15, 0.2) is 0 Å². The number of aryl methyl sites for hydroxylation is 1. The summed E-state index contributed by atoms with van der Waals surface area (Å²) < 4.78 is 5.53. The molecule has 7 nitrogen and oxygen atoms in total. The minimum atomic E-state index is -0.641. The summed E-state index contributed by atoms with van der Waals surface area (Å²) in [5.74, 6) is -0.498. The van der Waals surface area contributed by atoms with Crippen LogP contribution in [0.3, 0.4) is 0 Å². The molecule has 38 heavy (non-hydrogen) atoms. The molecule has 0 spiro atoms. The van der Waals surface area contributed by atoms with Crippen molar-refractivity contribution in [2.45, 2.75) is 71.6 Å². The zero-order valence-corrected chi connectivity index (χ0v) is 22.8. The summed E-state index contributed by atoms with van der Waals surface area (Å²) in [7, 11) is 0. The molecule has 0 aliphatic carbocycles. The standard InChI is InChI=1S/C31H37N3O4/c1-20-16-17-23(33-29(36)27-15-8-9-18-34(27)30(37)38-31(3,4)5)19-26(20)28(35)32-21(2)24-14-10-12-22-11-6-7-13-25(22)24/h6-7,10-14,16-17,19,21,27H,8-9,15,18H2,1-5H3,(H,32,35)(H,33,36)/t21-,27?/m1/s1. The van der Waals surface area contributed by atoms with E-state index >= 15 is 0 Å². The Labute approximate surface area is 224 Å². The fourth-order valence-corrected chi connectivity index (χ4v) is 4.89. The fraction of sp³-hybridized carbons (Fsp3) is 0.387. The van der Waals surface area contributed by atoms with Gasteiger partial charge in [-0.15, -0.1) is 0 Å². The van der Waals surface area contributed by atoms with Crippen LogP contribution in [0.1, 0.15) is 74.5 Å². The number of hydrogen-bond acceptors (Lipinski definition) is 4. The molecule has 7 heteroatoms. The molecule has 200 valence electrons. The van der Waals surface area contributed by atoms with Crippen LogP contribution in [-0.2, 0) is 9.53 Å². The number of carbonyl (C=O) groups excluding carboxylic acids is 3. The molecule has 3 aromatic rings. The van der Waals surface area contributed by atoms with E-state index < -0.39 is 17.7 Å².